The maximum Gasteiger partial charge on any atom is 0.339 e. The fraction of sp³-hybridized carbons (Fsp3) is 0.0833. The van der Waals surface area contributed by atoms with Crippen molar-refractivity contribution >= 4 is 18.1 Å². The number of carboxylic acids is 1. The van der Waals surface area contributed by atoms with Crippen molar-refractivity contribution in [1.82, 2.24) is 19.7 Å². The Bertz CT molecular complexity index is 679. The summed E-state index contributed by atoms with van der Waals surface area (Å²) in [5.41, 5.74) is 1.32. The summed E-state index contributed by atoms with van der Waals surface area (Å²) >= 11 is 0. The Morgan fingerprint density at radius 2 is 2.16 bits per heavy atom. The molecule has 7 heteroatoms. The van der Waals surface area contributed by atoms with Crippen LogP contribution in [0.25, 0.3) is 12.2 Å². The third kappa shape index (κ3) is 2.63. The van der Waals surface area contributed by atoms with Gasteiger partial charge >= 0.3 is 5.97 Å². The van der Waals surface area contributed by atoms with E-state index in [4.69, 9.17) is 10.4 Å². The first kappa shape index (κ1) is 12.4. The molecule has 0 aliphatic carbocycles. The van der Waals surface area contributed by atoms with Gasteiger partial charge in [0.15, 0.2) is 5.69 Å². The highest BCUT2D eigenvalue weighted by molar-refractivity contribution is 5.92. The van der Waals surface area contributed by atoms with E-state index in [1.54, 1.807) is 19.2 Å². The van der Waals surface area contributed by atoms with E-state index >= 15 is 0 Å². The number of nitrogens with zero attached hydrogens (tertiary/aromatic N) is 5. The fourth-order valence-electron chi connectivity index (χ4n) is 1.46. The molecule has 19 heavy (non-hydrogen) atoms. The second-order valence-corrected chi connectivity index (χ2v) is 3.64. The predicted octanol–water partition coefficient (Wildman–Crippen LogP) is 0.950. The number of aryl methyl sites for hydroxylation is 1. The van der Waals surface area contributed by atoms with Crippen LogP contribution in [0.1, 0.15) is 27.4 Å². The fourth-order valence-corrected chi connectivity index (χ4v) is 1.46. The van der Waals surface area contributed by atoms with Crippen molar-refractivity contribution in [1.29, 1.82) is 5.26 Å². The number of nitriles is 1. The van der Waals surface area contributed by atoms with Crippen LogP contribution in [-0.2, 0) is 7.05 Å². The molecule has 0 aliphatic heterocycles. The van der Waals surface area contributed by atoms with Crippen molar-refractivity contribution in [2.24, 2.45) is 7.05 Å². The van der Waals surface area contributed by atoms with Crippen LogP contribution in [-0.4, -0.2) is 30.8 Å². The topological polar surface area (TPSA) is 105 Å². The zero-order valence-corrected chi connectivity index (χ0v) is 9.98. The van der Waals surface area contributed by atoms with Gasteiger partial charge in [-0.05, 0) is 12.2 Å². The van der Waals surface area contributed by atoms with E-state index in [1.165, 1.54) is 23.3 Å². The Morgan fingerprint density at radius 3 is 2.74 bits per heavy atom. The Kier molecular flexibility index (Phi) is 3.34. The molecule has 0 radical (unpaired) electrons. The van der Waals surface area contributed by atoms with Crippen molar-refractivity contribution in [3.05, 3.63) is 41.2 Å². The standard InChI is InChI=1S/C12H9N5O2/c1-17-11(10(7-16-17)12(18)19)3-2-8-5-15-9(4-13)6-14-8/h2-3,5-7H,1H3,(H,18,19)/b3-2+. The van der Waals surface area contributed by atoms with E-state index in [9.17, 15) is 4.79 Å². The number of hydrogen-bond acceptors (Lipinski definition) is 5. The van der Waals surface area contributed by atoms with E-state index in [0.717, 1.165) is 0 Å². The maximum absolute atomic E-state index is 11.0. The lowest BCUT2D eigenvalue weighted by Gasteiger charge is -1.97. The van der Waals surface area contributed by atoms with Crippen molar-refractivity contribution in [3.63, 3.8) is 0 Å². The Hall–Kier alpha value is -3.01. The molecule has 0 atom stereocenters. The van der Waals surface area contributed by atoms with Crippen LogP contribution >= 0.6 is 0 Å². The zero-order chi connectivity index (χ0) is 13.8. The Balaban J connectivity index is 2.30. The van der Waals surface area contributed by atoms with Gasteiger partial charge in [-0.25, -0.2) is 9.78 Å². The van der Waals surface area contributed by atoms with Crippen molar-refractivity contribution in [2.45, 2.75) is 0 Å². The van der Waals surface area contributed by atoms with E-state index in [1.807, 2.05) is 6.07 Å². The van der Waals surface area contributed by atoms with Gasteiger partial charge in [-0.3, -0.25) is 9.67 Å². The molecule has 2 heterocycles. The summed E-state index contributed by atoms with van der Waals surface area (Å²) in [7, 11) is 1.65. The highest BCUT2D eigenvalue weighted by Gasteiger charge is 2.12. The Morgan fingerprint density at radius 1 is 1.37 bits per heavy atom. The Labute approximate surface area is 108 Å². The van der Waals surface area contributed by atoms with E-state index in [0.29, 0.717) is 11.4 Å². The summed E-state index contributed by atoms with van der Waals surface area (Å²) in [5.74, 6) is -1.04. The minimum atomic E-state index is -1.04. The summed E-state index contributed by atoms with van der Waals surface area (Å²) in [6, 6.07) is 1.87. The molecule has 1 N–H and O–H groups in total. The average Bonchev–Trinajstić information content (AvgIpc) is 2.78. The molecular weight excluding hydrogens is 246 g/mol. The predicted molar refractivity (Wildman–Crippen MR) is 65.8 cm³/mol. The van der Waals surface area contributed by atoms with Gasteiger partial charge in [-0.2, -0.15) is 10.4 Å². The molecule has 0 fully saturated rings. The van der Waals surface area contributed by atoms with E-state index in [2.05, 4.69) is 15.1 Å². The van der Waals surface area contributed by atoms with Gasteiger partial charge in [0.25, 0.3) is 0 Å². The quantitative estimate of drug-likeness (QED) is 0.875. The first-order valence-corrected chi connectivity index (χ1v) is 5.27. The molecular formula is C12H9N5O2. The average molecular weight is 255 g/mol. The summed E-state index contributed by atoms with van der Waals surface area (Å²) in [5, 5.41) is 21.5. The number of rotatable bonds is 3. The van der Waals surface area contributed by atoms with Gasteiger partial charge in [0.05, 0.1) is 30.0 Å². The van der Waals surface area contributed by atoms with E-state index < -0.39 is 5.97 Å². The highest BCUT2D eigenvalue weighted by atomic mass is 16.4. The minimum Gasteiger partial charge on any atom is -0.478 e. The van der Waals surface area contributed by atoms with Crippen LogP contribution in [0, 0.1) is 11.3 Å². The van der Waals surface area contributed by atoms with Crippen LogP contribution in [0.15, 0.2) is 18.6 Å². The van der Waals surface area contributed by atoms with Crippen LogP contribution < -0.4 is 0 Å². The smallest absolute Gasteiger partial charge is 0.339 e. The molecule has 0 unspecified atom stereocenters. The lowest BCUT2D eigenvalue weighted by molar-refractivity contribution is 0.0696. The molecule has 0 spiro atoms. The van der Waals surface area contributed by atoms with Crippen molar-refractivity contribution < 1.29 is 9.90 Å². The van der Waals surface area contributed by atoms with Gasteiger partial charge in [0.1, 0.15) is 11.6 Å². The largest absolute Gasteiger partial charge is 0.478 e. The molecule has 7 nitrogen and oxygen atoms in total. The van der Waals surface area contributed by atoms with Gasteiger partial charge in [0.2, 0.25) is 0 Å². The van der Waals surface area contributed by atoms with Crippen molar-refractivity contribution in [2.75, 3.05) is 0 Å². The molecule has 2 aromatic rings. The molecule has 2 aromatic heterocycles. The van der Waals surface area contributed by atoms with Crippen LogP contribution in [0.4, 0.5) is 0 Å². The van der Waals surface area contributed by atoms with Gasteiger partial charge in [-0.1, -0.05) is 0 Å². The van der Waals surface area contributed by atoms with Crippen LogP contribution in [0.3, 0.4) is 0 Å². The third-order valence-electron chi connectivity index (χ3n) is 2.41. The lowest BCUT2D eigenvalue weighted by atomic mass is 10.2. The minimum absolute atomic E-state index is 0.111. The molecule has 0 saturated heterocycles. The zero-order valence-electron chi connectivity index (χ0n) is 9.98. The van der Waals surface area contributed by atoms with Gasteiger partial charge in [0, 0.05) is 7.05 Å². The maximum atomic E-state index is 11.0. The first-order valence-electron chi connectivity index (χ1n) is 5.27. The third-order valence-corrected chi connectivity index (χ3v) is 2.41. The van der Waals surface area contributed by atoms with Crippen molar-refractivity contribution in [3.8, 4) is 6.07 Å². The highest BCUT2D eigenvalue weighted by Crippen LogP contribution is 2.11. The van der Waals surface area contributed by atoms with Crippen LogP contribution in [0.5, 0.6) is 0 Å². The lowest BCUT2D eigenvalue weighted by Crippen LogP contribution is -2.00. The molecule has 94 valence electrons. The molecule has 0 amide bonds. The first-order chi connectivity index (χ1) is 9.11. The number of aromatic nitrogens is 4. The van der Waals surface area contributed by atoms with Gasteiger partial charge < -0.3 is 5.11 Å². The second-order valence-electron chi connectivity index (χ2n) is 3.64. The molecule has 2 rings (SSSR count). The van der Waals surface area contributed by atoms with Gasteiger partial charge in [-0.15, -0.1) is 0 Å². The SMILES string of the molecule is Cn1ncc(C(=O)O)c1/C=C/c1cnc(C#N)cn1. The normalized spacial score (nSPS) is 10.5. The molecule has 0 aromatic carbocycles. The number of carbonyl (C=O) groups is 1. The summed E-state index contributed by atoms with van der Waals surface area (Å²) < 4.78 is 1.46. The summed E-state index contributed by atoms with van der Waals surface area (Å²) in [4.78, 5) is 18.8. The van der Waals surface area contributed by atoms with E-state index in [-0.39, 0.29) is 11.3 Å². The number of hydrogen-bond donors (Lipinski definition) is 1. The molecule has 0 aliphatic rings. The van der Waals surface area contributed by atoms with Crippen LogP contribution in [0.2, 0.25) is 0 Å². The molecule has 0 bridgehead atoms. The summed E-state index contributed by atoms with van der Waals surface area (Å²) in [6.45, 7) is 0. The molecule has 0 saturated carbocycles. The number of aromatic carboxylic acids is 1. The monoisotopic (exact) mass is 255 g/mol. The number of carboxylic acid groups (broad SMARTS) is 1. The summed E-state index contributed by atoms with van der Waals surface area (Å²) in [6.07, 6.45) is 7.27. The second kappa shape index (κ2) is 5.10.